The molecule has 0 aliphatic carbocycles. The first-order valence-corrected chi connectivity index (χ1v) is 10.2. The number of nitrogens with two attached hydrogens (primary N) is 1. The summed E-state index contributed by atoms with van der Waals surface area (Å²) in [7, 11) is -3.45. The van der Waals surface area contributed by atoms with E-state index in [2.05, 4.69) is 26.9 Å². The number of nitrogen functional groups attached to an aromatic ring is 1. The number of sulfonamides is 1. The number of benzene rings is 1. The molecule has 0 saturated heterocycles. The summed E-state index contributed by atoms with van der Waals surface area (Å²) in [6, 6.07) is 4.65. The number of unbranched alkanes of at least 4 members (excludes halogenated alkanes) is 3. The minimum Gasteiger partial charge on any atom is -0.398 e. The number of thioether (sulfide) groups is 1. The third kappa shape index (κ3) is 6.03. The SMILES string of the molecule is CSCCCCCCNS(=O)(=O)c1ccc(Br)c(N)c1. The average molecular weight is 381 g/mol. The molecule has 0 fully saturated rings. The van der Waals surface area contributed by atoms with Crippen molar-refractivity contribution in [2.24, 2.45) is 0 Å². The summed E-state index contributed by atoms with van der Waals surface area (Å²) in [4.78, 5) is 0.209. The molecule has 0 amide bonds. The second-order valence-electron chi connectivity index (χ2n) is 4.49. The van der Waals surface area contributed by atoms with E-state index in [9.17, 15) is 8.42 Å². The Morgan fingerprint density at radius 1 is 1.25 bits per heavy atom. The maximum absolute atomic E-state index is 12.0. The van der Waals surface area contributed by atoms with Crippen LogP contribution in [0.25, 0.3) is 0 Å². The van der Waals surface area contributed by atoms with Gasteiger partial charge in [0.2, 0.25) is 10.0 Å². The predicted molar refractivity (Wildman–Crippen MR) is 90.6 cm³/mol. The van der Waals surface area contributed by atoms with Crippen molar-refractivity contribution < 1.29 is 8.42 Å². The minimum atomic E-state index is -3.45. The minimum absolute atomic E-state index is 0.209. The van der Waals surface area contributed by atoms with Gasteiger partial charge in [-0.2, -0.15) is 11.8 Å². The molecule has 0 radical (unpaired) electrons. The smallest absolute Gasteiger partial charge is 0.240 e. The molecule has 0 aliphatic rings. The molecular formula is C13H21BrN2O2S2. The lowest BCUT2D eigenvalue weighted by Gasteiger charge is -2.08. The Bertz CT molecular complexity index is 521. The second-order valence-corrected chi connectivity index (χ2v) is 8.09. The summed E-state index contributed by atoms with van der Waals surface area (Å²) < 4.78 is 27.4. The summed E-state index contributed by atoms with van der Waals surface area (Å²) >= 11 is 5.09. The van der Waals surface area contributed by atoms with Gasteiger partial charge in [-0.1, -0.05) is 12.8 Å². The fourth-order valence-corrected chi connectivity index (χ4v) is 3.55. The lowest BCUT2D eigenvalue weighted by molar-refractivity contribution is 0.574. The first-order valence-electron chi connectivity index (χ1n) is 6.51. The van der Waals surface area contributed by atoms with Crippen LogP contribution >= 0.6 is 27.7 Å². The molecule has 1 aromatic rings. The highest BCUT2D eigenvalue weighted by molar-refractivity contribution is 9.10. The van der Waals surface area contributed by atoms with E-state index in [0.717, 1.165) is 19.3 Å². The Labute approximate surface area is 134 Å². The number of halogens is 1. The number of anilines is 1. The monoisotopic (exact) mass is 380 g/mol. The molecule has 0 bridgehead atoms. The number of nitrogens with one attached hydrogen (secondary N) is 1. The highest BCUT2D eigenvalue weighted by Crippen LogP contribution is 2.22. The molecular weight excluding hydrogens is 360 g/mol. The maximum Gasteiger partial charge on any atom is 0.240 e. The van der Waals surface area contributed by atoms with Gasteiger partial charge >= 0.3 is 0 Å². The fraction of sp³-hybridized carbons (Fsp3) is 0.538. The largest absolute Gasteiger partial charge is 0.398 e. The highest BCUT2D eigenvalue weighted by atomic mass is 79.9. The molecule has 1 aromatic carbocycles. The molecule has 0 saturated carbocycles. The highest BCUT2D eigenvalue weighted by Gasteiger charge is 2.14. The Morgan fingerprint density at radius 2 is 1.95 bits per heavy atom. The summed E-state index contributed by atoms with van der Waals surface area (Å²) in [6.07, 6.45) is 6.34. The molecule has 0 aliphatic heterocycles. The molecule has 1 rings (SSSR count). The molecule has 0 aromatic heterocycles. The summed E-state index contributed by atoms with van der Waals surface area (Å²) in [5.74, 6) is 1.17. The Balaban J connectivity index is 2.40. The first-order chi connectivity index (χ1) is 9.47. The van der Waals surface area contributed by atoms with Gasteiger partial charge < -0.3 is 5.73 Å². The number of rotatable bonds is 9. The van der Waals surface area contributed by atoms with Gasteiger partial charge in [-0.25, -0.2) is 13.1 Å². The van der Waals surface area contributed by atoms with Gasteiger partial charge in [-0.05, 0) is 59.0 Å². The van der Waals surface area contributed by atoms with E-state index in [1.807, 2.05) is 11.8 Å². The van der Waals surface area contributed by atoms with Crippen LogP contribution in [0.2, 0.25) is 0 Å². The third-order valence-electron chi connectivity index (χ3n) is 2.85. The van der Waals surface area contributed by atoms with Crippen molar-refractivity contribution in [3.8, 4) is 0 Å². The van der Waals surface area contributed by atoms with Crippen LogP contribution in [0.4, 0.5) is 5.69 Å². The summed E-state index contributed by atoms with van der Waals surface area (Å²) in [5.41, 5.74) is 6.12. The van der Waals surface area contributed by atoms with E-state index in [-0.39, 0.29) is 4.90 Å². The van der Waals surface area contributed by atoms with Crippen LogP contribution < -0.4 is 10.5 Å². The first kappa shape index (κ1) is 17.8. The Morgan fingerprint density at radius 3 is 2.60 bits per heavy atom. The zero-order valence-corrected chi connectivity index (χ0v) is 14.8. The van der Waals surface area contributed by atoms with Gasteiger partial charge in [0.25, 0.3) is 0 Å². The normalized spacial score (nSPS) is 11.7. The van der Waals surface area contributed by atoms with Crippen molar-refractivity contribution in [2.75, 3.05) is 24.3 Å². The van der Waals surface area contributed by atoms with Gasteiger partial charge in [-0.15, -0.1) is 0 Å². The van der Waals surface area contributed by atoms with E-state index in [4.69, 9.17) is 5.73 Å². The number of hydrogen-bond acceptors (Lipinski definition) is 4. The van der Waals surface area contributed by atoms with Crippen LogP contribution in [0.15, 0.2) is 27.6 Å². The van der Waals surface area contributed by atoms with Crippen LogP contribution in [0.5, 0.6) is 0 Å². The van der Waals surface area contributed by atoms with E-state index in [1.54, 1.807) is 12.1 Å². The van der Waals surface area contributed by atoms with Crippen molar-refractivity contribution in [1.29, 1.82) is 0 Å². The average Bonchev–Trinajstić information content (AvgIpc) is 2.40. The molecule has 3 N–H and O–H groups in total. The van der Waals surface area contributed by atoms with Crippen molar-refractivity contribution >= 4 is 43.4 Å². The van der Waals surface area contributed by atoms with Crippen molar-refractivity contribution in [3.05, 3.63) is 22.7 Å². The van der Waals surface area contributed by atoms with E-state index >= 15 is 0 Å². The van der Waals surface area contributed by atoms with Crippen LogP contribution in [-0.2, 0) is 10.0 Å². The molecule has 0 spiro atoms. The zero-order valence-electron chi connectivity index (χ0n) is 11.6. The van der Waals surface area contributed by atoms with E-state index < -0.39 is 10.0 Å². The summed E-state index contributed by atoms with van der Waals surface area (Å²) in [5, 5.41) is 0. The van der Waals surface area contributed by atoms with Gasteiger partial charge in [0.1, 0.15) is 0 Å². The molecule has 0 unspecified atom stereocenters. The van der Waals surface area contributed by atoms with E-state index in [0.29, 0.717) is 16.7 Å². The van der Waals surface area contributed by atoms with Crippen LogP contribution in [0.3, 0.4) is 0 Å². The molecule has 0 heterocycles. The Hall–Kier alpha value is -0.240. The lowest BCUT2D eigenvalue weighted by Crippen LogP contribution is -2.24. The zero-order chi connectivity index (χ0) is 15.0. The third-order valence-corrected chi connectivity index (χ3v) is 5.72. The van der Waals surface area contributed by atoms with Gasteiger partial charge in [-0.3, -0.25) is 0 Å². The summed E-state index contributed by atoms with van der Waals surface area (Å²) in [6.45, 7) is 0.470. The topological polar surface area (TPSA) is 72.2 Å². The molecule has 4 nitrogen and oxygen atoms in total. The van der Waals surface area contributed by atoms with Gasteiger partial charge in [0.05, 0.1) is 4.90 Å². The number of hydrogen-bond donors (Lipinski definition) is 2. The van der Waals surface area contributed by atoms with Gasteiger partial charge in [0.15, 0.2) is 0 Å². The van der Waals surface area contributed by atoms with Crippen molar-refractivity contribution in [2.45, 2.75) is 30.6 Å². The molecule has 114 valence electrons. The standard InChI is InChI=1S/C13H21BrN2O2S2/c1-19-9-5-3-2-4-8-16-20(17,18)11-6-7-12(14)13(15)10-11/h6-7,10,16H,2-5,8-9,15H2,1H3. The Kier molecular flexibility index (Phi) is 7.94. The van der Waals surface area contributed by atoms with Crippen LogP contribution in [-0.4, -0.2) is 27.0 Å². The maximum atomic E-state index is 12.0. The molecule has 0 atom stereocenters. The molecule has 20 heavy (non-hydrogen) atoms. The fourth-order valence-electron chi connectivity index (χ4n) is 1.70. The predicted octanol–water partition coefficient (Wildman–Crippen LogP) is 3.23. The quantitative estimate of drug-likeness (QED) is 0.509. The second kappa shape index (κ2) is 8.92. The van der Waals surface area contributed by atoms with E-state index in [1.165, 1.54) is 18.2 Å². The molecule has 7 heteroatoms. The van der Waals surface area contributed by atoms with Crippen LogP contribution in [0, 0.1) is 0 Å². The van der Waals surface area contributed by atoms with Crippen LogP contribution in [0.1, 0.15) is 25.7 Å². The van der Waals surface area contributed by atoms with Crippen molar-refractivity contribution in [3.63, 3.8) is 0 Å². The lowest BCUT2D eigenvalue weighted by atomic mass is 10.2. The van der Waals surface area contributed by atoms with Gasteiger partial charge in [0, 0.05) is 16.7 Å². The van der Waals surface area contributed by atoms with Crippen molar-refractivity contribution in [1.82, 2.24) is 4.72 Å².